The zero-order chi connectivity index (χ0) is 16.2. The number of thioether (sulfide) groups is 1. The van der Waals surface area contributed by atoms with Crippen molar-refractivity contribution in [3.8, 4) is 5.75 Å². The summed E-state index contributed by atoms with van der Waals surface area (Å²) < 4.78 is 5.41. The minimum absolute atomic E-state index is 0.760. The van der Waals surface area contributed by atoms with Crippen LogP contribution < -0.4 is 10.1 Å². The van der Waals surface area contributed by atoms with E-state index in [9.17, 15) is 0 Å². The quantitative estimate of drug-likeness (QED) is 0.328. The molecule has 4 nitrogen and oxygen atoms in total. The van der Waals surface area contributed by atoms with Crippen molar-refractivity contribution < 1.29 is 4.74 Å². The Morgan fingerprint density at radius 2 is 2.23 bits per heavy atom. The molecular weight excluding hydrogens is 294 g/mol. The molecule has 0 aliphatic carbocycles. The summed E-state index contributed by atoms with van der Waals surface area (Å²) in [6.07, 6.45) is 1.92. The molecule has 0 fully saturated rings. The Kier molecular flexibility index (Phi) is 9.23. The first kappa shape index (κ1) is 18.4. The SMILES string of the molecule is C=CCSCCN=C(NCC)N(C)Cc1ccccc1OC. The van der Waals surface area contributed by atoms with Crippen LogP contribution in [0.25, 0.3) is 0 Å². The fraction of sp³-hybridized carbons (Fsp3) is 0.471. The van der Waals surface area contributed by atoms with Gasteiger partial charge in [0.1, 0.15) is 5.75 Å². The Morgan fingerprint density at radius 3 is 2.91 bits per heavy atom. The first-order valence-electron chi connectivity index (χ1n) is 7.52. The third-order valence-electron chi connectivity index (χ3n) is 3.03. The zero-order valence-electron chi connectivity index (χ0n) is 13.8. The average molecular weight is 321 g/mol. The van der Waals surface area contributed by atoms with Gasteiger partial charge in [0.05, 0.1) is 13.7 Å². The van der Waals surface area contributed by atoms with Crippen LogP contribution in [0.2, 0.25) is 0 Å². The highest BCUT2D eigenvalue weighted by Crippen LogP contribution is 2.18. The first-order chi connectivity index (χ1) is 10.7. The molecule has 0 atom stereocenters. The fourth-order valence-electron chi connectivity index (χ4n) is 2.02. The number of para-hydroxylation sites is 1. The molecule has 122 valence electrons. The molecular formula is C17H27N3OS. The van der Waals surface area contributed by atoms with E-state index in [1.165, 1.54) is 0 Å². The van der Waals surface area contributed by atoms with Gasteiger partial charge in [-0.1, -0.05) is 24.3 Å². The van der Waals surface area contributed by atoms with Gasteiger partial charge < -0.3 is 15.0 Å². The van der Waals surface area contributed by atoms with E-state index in [1.54, 1.807) is 7.11 Å². The standard InChI is InChI=1S/C17H27N3OS/c1-5-12-22-13-11-19-17(18-6-2)20(3)14-15-9-7-8-10-16(15)21-4/h5,7-10H,1,6,11-14H2,2-4H3,(H,18,19). The summed E-state index contributed by atoms with van der Waals surface area (Å²) in [5.41, 5.74) is 1.15. The second-order valence-corrected chi connectivity index (χ2v) is 5.92. The predicted molar refractivity (Wildman–Crippen MR) is 98.0 cm³/mol. The molecule has 0 bridgehead atoms. The van der Waals surface area contributed by atoms with Crippen molar-refractivity contribution in [2.24, 2.45) is 4.99 Å². The van der Waals surface area contributed by atoms with Crippen molar-refractivity contribution in [1.29, 1.82) is 0 Å². The molecule has 0 unspecified atom stereocenters. The summed E-state index contributed by atoms with van der Waals surface area (Å²) in [4.78, 5) is 6.80. The molecule has 0 amide bonds. The van der Waals surface area contributed by atoms with Crippen molar-refractivity contribution in [2.75, 3.05) is 38.8 Å². The van der Waals surface area contributed by atoms with E-state index in [0.29, 0.717) is 0 Å². The van der Waals surface area contributed by atoms with E-state index >= 15 is 0 Å². The molecule has 0 saturated heterocycles. The molecule has 1 aromatic rings. The smallest absolute Gasteiger partial charge is 0.193 e. The highest BCUT2D eigenvalue weighted by molar-refractivity contribution is 7.99. The van der Waals surface area contributed by atoms with E-state index < -0.39 is 0 Å². The van der Waals surface area contributed by atoms with Crippen LogP contribution >= 0.6 is 11.8 Å². The lowest BCUT2D eigenvalue weighted by atomic mass is 10.2. The Balaban J connectivity index is 2.65. The molecule has 22 heavy (non-hydrogen) atoms. The number of hydrogen-bond donors (Lipinski definition) is 1. The minimum Gasteiger partial charge on any atom is -0.496 e. The third-order valence-corrected chi connectivity index (χ3v) is 3.97. The van der Waals surface area contributed by atoms with Gasteiger partial charge in [0.2, 0.25) is 0 Å². The number of ether oxygens (including phenoxy) is 1. The monoisotopic (exact) mass is 321 g/mol. The lowest BCUT2D eigenvalue weighted by Gasteiger charge is -2.23. The van der Waals surface area contributed by atoms with Crippen LogP contribution in [0.1, 0.15) is 12.5 Å². The van der Waals surface area contributed by atoms with Crippen LogP contribution in [0.15, 0.2) is 41.9 Å². The molecule has 0 saturated carbocycles. The molecule has 0 radical (unpaired) electrons. The number of nitrogens with zero attached hydrogens (tertiary/aromatic N) is 2. The van der Waals surface area contributed by atoms with Crippen LogP contribution in [0.4, 0.5) is 0 Å². The summed E-state index contributed by atoms with van der Waals surface area (Å²) in [5, 5.41) is 3.34. The van der Waals surface area contributed by atoms with Crippen LogP contribution in [0.3, 0.4) is 0 Å². The van der Waals surface area contributed by atoms with Gasteiger partial charge in [-0.05, 0) is 13.0 Å². The lowest BCUT2D eigenvalue weighted by molar-refractivity contribution is 0.396. The minimum atomic E-state index is 0.760. The summed E-state index contributed by atoms with van der Waals surface area (Å²) in [7, 11) is 3.75. The molecule has 0 spiro atoms. The number of guanidine groups is 1. The van der Waals surface area contributed by atoms with Gasteiger partial charge in [-0.15, -0.1) is 6.58 Å². The highest BCUT2D eigenvalue weighted by Gasteiger charge is 2.09. The van der Waals surface area contributed by atoms with Gasteiger partial charge in [-0.2, -0.15) is 11.8 Å². The van der Waals surface area contributed by atoms with Crippen molar-refractivity contribution in [1.82, 2.24) is 10.2 Å². The Labute approximate surface area is 138 Å². The van der Waals surface area contributed by atoms with Crippen LogP contribution in [-0.2, 0) is 6.54 Å². The maximum absolute atomic E-state index is 5.41. The molecule has 0 heterocycles. The van der Waals surface area contributed by atoms with Crippen LogP contribution in [0.5, 0.6) is 5.75 Å². The number of benzene rings is 1. The van der Waals surface area contributed by atoms with E-state index in [1.807, 2.05) is 43.1 Å². The van der Waals surface area contributed by atoms with E-state index in [2.05, 4.69) is 34.8 Å². The predicted octanol–water partition coefficient (Wildman–Crippen LogP) is 3.01. The zero-order valence-corrected chi connectivity index (χ0v) is 14.7. The van der Waals surface area contributed by atoms with E-state index in [0.717, 1.165) is 48.4 Å². The van der Waals surface area contributed by atoms with Gasteiger partial charge in [0.15, 0.2) is 5.96 Å². The normalized spacial score (nSPS) is 11.1. The second-order valence-electron chi connectivity index (χ2n) is 4.77. The highest BCUT2D eigenvalue weighted by atomic mass is 32.2. The Bertz CT molecular complexity index is 477. The Morgan fingerprint density at radius 1 is 1.45 bits per heavy atom. The molecule has 1 aromatic carbocycles. The van der Waals surface area contributed by atoms with Crippen LogP contribution in [0, 0.1) is 0 Å². The van der Waals surface area contributed by atoms with Gasteiger partial charge in [-0.3, -0.25) is 4.99 Å². The van der Waals surface area contributed by atoms with Gasteiger partial charge >= 0.3 is 0 Å². The van der Waals surface area contributed by atoms with E-state index in [-0.39, 0.29) is 0 Å². The van der Waals surface area contributed by atoms with Crippen LogP contribution in [-0.4, -0.2) is 49.6 Å². The maximum atomic E-state index is 5.41. The summed E-state index contributed by atoms with van der Waals surface area (Å²) in [6, 6.07) is 8.08. The van der Waals surface area contributed by atoms with Crippen molar-refractivity contribution in [3.63, 3.8) is 0 Å². The number of methoxy groups -OCH3 is 1. The molecule has 0 aromatic heterocycles. The Hall–Kier alpha value is -1.62. The molecule has 1 N–H and O–H groups in total. The summed E-state index contributed by atoms with van der Waals surface area (Å²) in [6.45, 7) is 8.23. The number of rotatable bonds is 9. The second kappa shape index (κ2) is 11.0. The van der Waals surface area contributed by atoms with Crippen molar-refractivity contribution >= 4 is 17.7 Å². The fourth-order valence-corrected chi connectivity index (χ4v) is 2.57. The topological polar surface area (TPSA) is 36.9 Å². The van der Waals surface area contributed by atoms with Crippen molar-refractivity contribution in [3.05, 3.63) is 42.5 Å². The number of nitrogens with one attached hydrogen (secondary N) is 1. The number of aliphatic imine (C=N–C) groups is 1. The van der Waals surface area contributed by atoms with Gasteiger partial charge in [0.25, 0.3) is 0 Å². The molecule has 0 aliphatic rings. The molecule has 1 rings (SSSR count). The van der Waals surface area contributed by atoms with E-state index in [4.69, 9.17) is 4.74 Å². The largest absolute Gasteiger partial charge is 0.496 e. The van der Waals surface area contributed by atoms with Crippen molar-refractivity contribution in [2.45, 2.75) is 13.5 Å². The molecule has 5 heteroatoms. The summed E-state index contributed by atoms with van der Waals surface area (Å²) in [5.74, 6) is 3.81. The van der Waals surface area contributed by atoms with Gasteiger partial charge in [-0.25, -0.2) is 0 Å². The first-order valence-corrected chi connectivity index (χ1v) is 8.68. The summed E-state index contributed by atoms with van der Waals surface area (Å²) >= 11 is 1.84. The molecule has 0 aliphatic heterocycles. The van der Waals surface area contributed by atoms with Gasteiger partial charge in [0, 0.05) is 37.2 Å². The average Bonchev–Trinajstić information content (AvgIpc) is 2.54. The number of hydrogen-bond acceptors (Lipinski definition) is 3. The third kappa shape index (κ3) is 6.43. The lowest BCUT2D eigenvalue weighted by Crippen LogP contribution is -2.38. The maximum Gasteiger partial charge on any atom is 0.193 e.